The molecule has 6 heteroatoms. The first-order valence-electron chi connectivity index (χ1n) is 3.77. The zero-order chi connectivity index (χ0) is 9.84. The molecule has 0 amide bonds. The summed E-state index contributed by atoms with van der Waals surface area (Å²) in [4.78, 5) is 11.1. The zero-order valence-corrected chi connectivity index (χ0v) is 8.17. The lowest BCUT2D eigenvalue weighted by Gasteiger charge is -2.08. The van der Waals surface area contributed by atoms with Crippen molar-refractivity contribution in [3.05, 3.63) is 10.6 Å². The highest BCUT2D eigenvalue weighted by molar-refractivity contribution is 7.05. The molecular weight excluding hydrogens is 192 g/mol. The molecule has 0 saturated heterocycles. The monoisotopic (exact) mass is 202 g/mol. The third-order valence-corrected chi connectivity index (χ3v) is 2.37. The summed E-state index contributed by atoms with van der Waals surface area (Å²) in [7, 11) is 0. The van der Waals surface area contributed by atoms with Crippen LogP contribution in [0.5, 0.6) is 0 Å². The van der Waals surface area contributed by atoms with Crippen LogP contribution in [0.4, 0.5) is 4.79 Å². The molecule has 5 nitrogen and oxygen atoms in total. The number of rotatable bonds is 3. The topological polar surface area (TPSA) is 72.3 Å². The first-order valence-corrected chi connectivity index (χ1v) is 4.54. The molecule has 0 aromatic carbocycles. The Morgan fingerprint density at radius 1 is 1.77 bits per heavy atom. The smallest absolute Gasteiger partial charge is 0.450 e. The molecule has 0 saturated carbocycles. The van der Waals surface area contributed by atoms with Crippen molar-refractivity contribution >= 4 is 17.7 Å². The van der Waals surface area contributed by atoms with Crippen molar-refractivity contribution in [3.63, 3.8) is 0 Å². The van der Waals surface area contributed by atoms with Gasteiger partial charge in [-0.15, -0.1) is 5.10 Å². The van der Waals surface area contributed by atoms with Crippen molar-refractivity contribution in [3.8, 4) is 0 Å². The maximum absolute atomic E-state index is 10.2. The Hall–Kier alpha value is -1.17. The normalized spacial score (nSPS) is 12.5. The second-order valence-corrected chi connectivity index (χ2v) is 3.52. The van der Waals surface area contributed by atoms with Gasteiger partial charge in [-0.2, -0.15) is 0 Å². The maximum Gasteiger partial charge on any atom is 0.506 e. The van der Waals surface area contributed by atoms with E-state index in [1.807, 2.05) is 6.92 Å². The minimum Gasteiger partial charge on any atom is -0.450 e. The van der Waals surface area contributed by atoms with Crippen LogP contribution >= 0.6 is 11.5 Å². The average molecular weight is 202 g/mol. The molecule has 0 spiro atoms. The van der Waals surface area contributed by atoms with E-state index in [9.17, 15) is 4.79 Å². The lowest BCUT2D eigenvalue weighted by atomic mass is 10.2. The molecule has 0 radical (unpaired) electrons. The van der Waals surface area contributed by atoms with Gasteiger partial charge in [0.05, 0.1) is 10.6 Å². The summed E-state index contributed by atoms with van der Waals surface area (Å²) in [5, 5.41) is 12.1. The van der Waals surface area contributed by atoms with Crippen molar-refractivity contribution < 1.29 is 14.6 Å². The van der Waals surface area contributed by atoms with Gasteiger partial charge in [-0.05, 0) is 25.4 Å². The number of aromatic nitrogens is 2. The molecule has 0 aliphatic heterocycles. The van der Waals surface area contributed by atoms with Gasteiger partial charge >= 0.3 is 6.16 Å². The maximum atomic E-state index is 10.2. The minimum atomic E-state index is -1.25. The Morgan fingerprint density at radius 3 is 2.92 bits per heavy atom. The molecule has 1 rings (SSSR count). The fraction of sp³-hybridized carbons (Fsp3) is 0.571. The molecule has 0 bridgehead atoms. The Morgan fingerprint density at radius 2 is 2.46 bits per heavy atom. The summed E-state index contributed by atoms with van der Waals surface area (Å²) in [5.41, 5.74) is 0.839. The van der Waals surface area contributed by atoms with Crippen LogP contribution in [0.1, 0.15) is 17.5 Å². The van der Waals surface area contributed by atoms with Crippen molar-refractivity contribution in [2.75, 3.05) is 0 Å². The van der Waals surface area contributed by atoms with Gasteiger partial charge in [0, 0.05) is 6.42 Å². The van der Waals surface area contributed by atoms with Gasteiger partial charge in [-0.3, -0.25) is 0 Å². The van der Waals surface area contributed by atoms with E-state index in [4.69, 9.17) is 5.11 Å². The van der Waals surface area contributed by atoms with E-state index in [1.54, 1.807) is 6.92 Å². The van der Waals surface area contributed by atoms with Gasteiger partial charge in [0.15, 0.2) is 0 Å². The van der Waals surface area contributed by atoms with Gasteiger partial charge in [-0.1, -0.05) is 4.49 Å². The molecule has 1 aromatic heterocycles. The molecule has 13 heavy (non-hydrogen) atoms. The minimum absolute atomic E-state index is 0.349. The highest BCUT2D eigenvalue weighted by atomic mass is 32.1. The Bertz CT molecular complexity index is 300. The third-order valence-electron chi connectivity index (χ3n) is 1.52. The van der Waals surface area contributed by atoms with E-state index in [-0.39, 0.29) is 6.10 Å². The summed E-state index contributed by atoms with van der Waals surface area (Å²) in [6, 6.07) is 0. The number of aryl methyl sites for hydroxylation is 1. The van der Waals surface area contributed by atoms with Crippen LogP contribution in [-0.2, 0) is 11.2 Å². The van der Waals surface area contributed by atoms with Crippen LogP contribution in [-0.4, -0.2) is 27.0 Å². The number of ether oxygens (including phenoxy) is 1. The first kappa shape index (κ1) is 9.91. The van der Waals surface area contributed by atoms with E-state index >= 15 is 0 Å². The van der Waals surface area contributed by atoms with Crippen LogP contribution in [0.15, 0.2) is 0 Å². The van der Waals surface area contributed by atoms with Crippen LogP contribution in [0.3, 0.4) is 0 Å². The molecule has 1 unspecified atom stereocenters. The Labute approximate surface area is 79.5 Å². The first-order chi connectivity index (χ1) is 6.09. The lowest BCUT2D eigenvalue weighted by Crippen LogP contribution is -2.15. The predicted molar refractivity (Wildman–Crippen MR) is 46.9 cm³/mol. The van der Waals surface area contributed by atoms with Crippen molar-refractivity contribution in [2.24, 2.45) is 0 Å². The second-order valence-electron chi connectivity index (χ2n) is 2.68. The summed E-state index contributed by atoms with van der Waals surface area (Å²) in [5.74, 6) is 0. The summed E-state index contributed by atoms with van der Waals surface area (Å²) < 4.78 is 8.29. The summed E-state index contributed by atoms with van der Waals surface area (Å²) in [6.45, 7) is 3.54. The van der Waals surface area contributed by atoms with Gasteiger partial charge in [0.2, 0.25) is 0 Å². The fourth-order valence-corrected chi connectivity index (χ4v) is 1.66. The van der Waals surface area contributed by atoms with Crippen molar-refractivity contribution in [2.45, 2.75) is 26.4 Å². The van der Waals surface area contributed by atoms with E-state index < -0.39 is 6.16 Å². The molecule has 1 N–H and O–H groups in total. The van der Waals surface area contributed by atoms with Crippen LogP contribution in [0.25, 0.3) is 0 Å². The molecule has 0 aliphatic rings. The van der Waals surface area contributed by atoms with E-state index in [2.05, 4.69) is 14.3 Å². The second kappa shape index (κ2) is 4.18. The zero-order valence-electron chi connectivity index (χ0n) is 7.35. The lowest BCUT2D eigenvalue weighted by molar-refractivity contribution is 0.0595. The number of carboxylic acid groups (broad SMARTS) is 1. The number of hydrogen-bond acceptors (Lipinski definition) is 5. The predicted octanol–water partition coefficient (Wildman–Crippen LogP) is 1.47. The number of hydrogen-bond donors (Lipinski definition) is 1. The average Bonchev–Trinajstić information content (AvgIpc) is 2.34. The van der Waals surface area contributed by atoms with Crippen LogP contribution in [0, 0.1) is 6.92 Å². The molecule has 0 aliphatic carbocycles. The van der Waals surface area contributed by atoms with Crippen LogP contribution < -0.4 is 0 Å². The van der Waals surface area contributed by atoms with Gasteiger partial charge < -0.3 is 9.84 Å². The molecule has 72 valence electrons. The van der Waals surface area contributed by atoms with Gasteiger partial charge in [0.25, 0.3) is 0 Å². The highest BCUT2D eigenvalue weighted by Crippen LogP contribution is 2.13. The summed E-state index contributed by atoms with van der Waals surface area (Å²) in [6.07, 6.45) is -1.06. The standard InChI is InChI=1S/C7H10N2O3S/c1-4(12-7(10)11)3-6-5(2)8-9-13-6/h4H,3H2,1-2H3,(H,10,11). The molecular formula is C7H10N2O3S. The number of nitrogens with zero attached hydrogens (tertiary/aromatic N) is 2. The van der Waals surface area contributed by atoms with Gasteiger partial charge in [-0.25, -0.2) is 4.79 Å². The largest absolute Gasteiger partial charge is 0.506 e. The van der Waals surface area contributed by atoms with Gasteiger partial charge in [0.1, 0.15) is 6.10 Å². The van der Waals surface area contributed by atoms with Crippen molar-refractivity contribution in [1.82, 2.24) is 9.59 Å². The highest BCUT2D eigenvalue weighted by Gasteiger charge is 2.12. The molecule has 0 fully saturated rings. The Balaban J connectivity index is 2.49. The summed E-state index contributed by atoms with van der Waals surface area (Å²) >= 11 is 1.27. The fourth-order valence-electron chi connectivity index (χ4n) is 0.913. The molecule has 1 aromatic rings. The van der Waals surface area contributed by atoms with E-state index in [0.29, 0.717) is 6.42 Å². The van der Waals surface area contributed by atoms with Crippen molar-refractivity contribution in [1.29, 1.82) is 0 Å². The quantitative estimate of drug-likeness (QED) is 0.751. The van der Waals surface area contributed by atoms with Crippen LogP contribution in [0.2, 0.25) is 0 Å². The molecule has 1 atom stereocenters. The van der Waals surface area contributed by atoms with E-state index in [1.165, 1.54) is 11.5 Å². The number of carbonyl (C=O) groups is 1. The third kappa shape index (κ3) is 2.98. The Kier molecular flexibility index (Phi) is 3.18. The van der Waals surface area contributed by atoms with E-state index in [0.717, 1.165) is 10.6 Å². The SMILES string of the molecule is Cc1nnsc1CC(C)OC(=O)O. The molecule has 1 heterocycles.